The normalized spacial score (nSPS) is 10.2. The van der Waals surface area contributed by atoms with Crippen LogP contribution in [0.2, 0.25) is 0 Å². The fourth-order valence-corrected chi connectivity index (χ4v) is 2.37. The SMILES string of the molecule is O=C(NCc1ccc(-c2ccccc2C(=O)O)cn1)c1ccccn1. The molecule has 2 aromatic heterocycles. The van der Waals surface area contributed by atoms with E-state index in [0.717, 1.165) is 0 Å². The topological polar surface area (TPSA) is 92.2 Å². The van der Waals surface area contributed by atoms with Crippen molar-refractivity contribution in [1.29, 1.82) is 0 Å². The average Bonchev–Trinajstić information content (AvgIpc) is 2.67. The first-order valence-corrected chi connectivity index (χ1v) is 7.62. The molecule has 3 aromatic rings. The lowest BCUT2D eigenvalue weighted by atomic mass is 10.0. The molecule has 0 radical (unpaired) electrons. The molecule has 1 aromatic carbocycles. The van der Waals surface area contributed by atoms with Gasteiger partial charge in [-0.05, 0) is 29.8 Å². The van der Waals surface area contributed by atoms with Crippen LogP contribution in [-0.4, -0.2) is 27.0 Å². The van der Waals surface area contributed by atoms with E-state index in [1.54, 1.807) is 67.0 Å². The Kier molecular flexibility index (Phi) is 4.80. The first-order valence-electron chi connectivity index (χ1n) is 7.62. The quantitative estimate of drug-likeness (QED) is 0.749. The third-order valence-electron chi connectivity index (χ3n) is 3.62. The summed E-state index contributed by atoms with van der Waals surface area (Å²) in [5.74, 6) is -1.26. The van der Waals surface area contributed by atoms with Crippen molar-refractivity contribution in [2.75, 3.05) is 0 Å². The molecule has 0 unspecified atom stereocenters. The Morgan fingerprint density at radius 2 is 1.76 bits per heavy atom. The molecule has 0 spiro atoms. The van der Waals surface area contributed by atoms with Crippen molar-refractivity contribution in [3.05, 3.63) is 83.9 Å². The Hall–Kier alpha value is -3.54. The second-order valence-electron chi connectivity index (χ2n) is 5.29. The highest BCUT2D eigenvalue weighted by atomic mass is 16.4. The Morgan fingerprint density at radius 3 is 2.44 bits per heavy atom. The second-order valence-corrected chi connectivity index (χ2v) is 5.29. The highest BCUT2D eigenvalue weighted by molar-refractivity contribution is 5.95. The molecule has 1 amide bonds. The number of carboxylic acid groups (broad SMARTS) is 1. The molecule has 0 fully saturated rings. The lowest BCUT2D eigenvalue weighted by Gasteiger charge is -2.08. The van der Waals surface area contributed by atoms with Crippen LogP contribution in [0.5, 0.6) is 0 Å². The molecule has 0 aliphatic rings. The zero-order valence-corrected chi connectivity index (χ0v) is 13.2. The number of hydrogen-bond donors (Lipinski definition) is 2. The van der Waals surface area contributed by atoms with Gasteiger partial charge in [-0.3, -0.25) is 14.8 Å². The van der Waals surface area contributed by atoms with Crippen LogP contribution in [0.25, 0.3) is 11.1 Å². The van der Waals surface area contributed by atoms with Crippen molar-refractivity contribution in [2.45, 2.75) is 6.54 Å². The number of rotatable bonds is 5. The van der Waals surface area contributed by atoms with Crippen LogP contribution in [0.3, 0.4) is 0 Å². The maximum atomic E-state index is 12.0. The molecule has 2 N–H and O–H groups in total. The van der Waals surface area contributed by atoms with E-state index < -0.39 is 5.97 Å². The van der Waals surface area contributed by atoms with Crippen molar-refractivity contribution >= 4 is 11.9 Å². The zero-order chi connectivity index (χ0) is 17.6. The number of nitrogens with zero attached hydrogens (tertiary/aromatic N) is 2. The molecule has 0 bridgehead atoms. The van der Waals surface area contributed by atoms with E-state index in [-0.39, 0.29) is 18.0 Å². The summed E-state index contributed by atoms with van der Waals surface area (Å²) in [4.78, 5) is 31.5. The summed E-state index contributed by atoms with van der Waals surface area (Å²) in [6.07, 6.45) is 3.16. The number of aromatic nitrogens is 2. The monoisotopic (exact) mass is 333 g/mol. The first kappa shape index (κ1) is 16.3. The molecule has 6 heteroatoms. The fourth-order valence-electron chi connectivity index (χ4n) is 2.37. The third-order valence-corrected chi connectivity index (χ3v) is 3.62. The molecule has 0 saturated heterocycles. The van der Waals surface area contributed by atoms with Crippen molar-refractivity contribution < 1.29 is 14.7 Å². The number of carbonyl (C=O) groups excluding carboxylic acids is 1. The minimum atomic E-state index is -0.984. The number of amides is 1. The number of hydrogen-bond acceptors (Lipinski definition) is 4. The van der Waals surface area contributed by atoms with Gasteiger partial charge in [0.05, 0.1) is 17.8 Å². The van der Waals surface area contributed by atoms with Gasteiger partial charge in [-0.25, -0.2) is 4.79 Å². The Bertz CT molecular complexity index is 893. The lowest BCUT2D eigenvalue weighted by molar-refractivity contribution is 0.0697. The summed E-state index contributed by atoms with van der Waals surface area (Å²) in [6, 6.07) is 15.4. The smallest absolute Gasteiger partial charge is 0.336 e. The number of carboxylic acids is 1. The van der Waals surface area contributed by atoms with E-state index in [0.29, 0.717) is 22.5 Å². The molecule has 0 saturated carbocycles. The van der Waals surface area contributed by atoms with Gasteiger partial charge >= 0.3 is 5.97 Å². The molecular formula is C19H15N3O3. The van der Waals surface area contributed by atoms with Gasteiger partial charge in [0.25, 0.3) is 5.91 Å². The molecule has 6 nitrogen and oxygen atoms in total. The maximum absolute atomic E-state index is 12.0. The summed E-state index contributed by atoms with van der Waals surface area (Å²) in [5.41, 5.74) is 2.54. The Balaban J connectivity index is 1.71. The minimum absolute atomic E-state index is 0.223. The molecule has 0 atom stereocenters. The van der Waals surface area contributed by atoms with Gasteiger partial charge < -0.3 is 10.4 Å². The second kappa shape index (κ2) is 7.35. The van der Waals surface area contributed by atoms with Crippen LogP contribution in [0.1, 0.15) is 26.5 Å². The molecular weight excluding hydrogens is 318 g/mol. The minimum Gasteiger partial charge on any atom is -0.478 e. The third kappa shape index (κ3) is 3.87. The molecule has 25 heavy (non-hydrogen) atoms. The van der Waals surface area contributed by atoms with E-state index in [1.807, 2.05) is 0 Å². The summed E-state index contributed by atoms with van der Waals surface area (Å²) < 4.78 is 0. The maximum Gasteiger partial charge on any atom is 0.336 e. The lowest BCUT2D eigenvalue weighted by Crippen LogP contribution is -2.24. The highest BCUT2D eigenvalue weighted by Gasteiger charge is 2.11. The van der Waals surface area contributed by atoms with Gasteiger partial charge in [0, 0.05) is 18.0 Å². The van der Waals surface area contributed by atoms with Gasteiger partial charge in [0.2, 0.25) is 0 Å². The van der Waals surface area contributed by atoms with Crippen molar-refractivity contribution in [3.63, 3.8) is 0 Å². The zero-order valence-electron chi connectivity index (χ0n) is 13.2. The number of benzene rings is 1. The number of nitrogens with one attached hydrogen (secondary N) is 1. The van der Waals surface area contributed by atoms with Crippen LogP contribution < -0.4 is 5.32 Å². The van der Waals surface area contributed by atoms with Crippen LogP contribution in [0.4, 0.5) is 0 Å². The molecule has 3 rings (SSSR count). The van der Waals surface area contributed by atoms with Crippen LogP contribution in [0.15, 0.2) is 67.0 Å². The summed E-state index contributed by atoms with van der Waals surface area (Å²) in [7, 11) is 0. The van der Waals surface area contributed by atoms with E-state index in [9.17, 15) is 14.7 Å². The predicted molar refractivity (Wildman–Crippen MR) is 92.0 cm³/mol. The van der Waals surface area contributed by atoms with Crippen LogP contribution in [0, 0.1) is 0 Å². The number of aromatic carboxylic acids is 1. The molecule has 124 valence electrons. The molecule has 0 aliphatic heterocycles. The van der Waals surface area contributed by atoms with Gasteiger partial charge in [-0.1, -0.05) is 30.3 Å². The predicted octanol–water partition coefficient (Wildman–Crippen LogP) is 2.77. The van der Waals surface area contributed by atoms with Crippen LogP contribution in [-0.2, 0) is 6.54 Å². The Morgan fingerprint density at radius 1 is 0.960 bits per heavy atom. The first-order chi connectivity index (χ1) is 12.1. The van der Waals surface area contributed by atoms with E-state index in [2.05, 4.69) is 15.3 Å². The fraction of sp³-hybridized carbons (Fsp3) is 0.0526. The number of pyridine rings is 2. The van der Waals surface area contributed by atoms with E-state index in [4.69, 9.17) is 0 Å². The average molecular weight is 333 g/mol. The summed E-state index contributed by atoms with van der Waals surface area (Å²) in [6.45, 7) is 0.260. The van der Waals surface area contributed by atoms with E-state index in [1.165, 1.54) is 0 Å². The molecule has 2 heterocycles. The van der Waals surface area contributed by atoms with Crippen molar-refractivity contribution in [3.8, 4) is 11.1 Å². The van der Waals surface area contributed by atoms with Crippen molar-refractivity contribution in [1.82, 2.24) is 15.3 Å². The Labute approximate surface area is 144 Å². The summed E-state index contributed by atoms with van der Waals surface area (Å²) in [5, 5.41) is 12.0. The summed E-state index contributed by atoms with van der Waals surface area (Å²) >= 11 is 0. The molecule has 0 aliphatic carbocycles. The highest BCUT2D eigenvalue weighted by Crippen LogP contribution is 2.23. The van der Waals surface area contributed by atoms with Gasteiger partial charge in [-0.2, -0.15) is 0 Å². The van der Waals surface area contributed by atoms with Gasteiger partial charge in [0.1, 0.15) is 5.69 Å². The van der Waals surface area contributed by atoms with E-state index >= 15 is 0 Å². The van der Waals surface area contributed by atoms with Gasteiger partial charge in [-0.15, -0.1) is 0 Å². The number of carbonyl (C=O) groups is 2. The van der Waals surface area contributed by atoms with Crippen molar-refractivity contribution in [2.24, 2.45) is 0 Å². The van der Waals surface area contributed by atoms with Crippen LogP contribution >= 0.6 is 0 Å². The largest absolute Gasteiger partial charge is 0.478 e. The van der Waals surface area contributed by atoms with Gasteiger partial charge in [0.15, 0.2) is 0 Å². The standard InChI is InChI=1S/C19H15N3O3/c23-18(17-7-3-4-10-20-17)22-12-14-9-8-13(11-21-14)15-5-1-2-6-16(15)19(24)25/h1-11H,12H2,(H,22,23)(H,24,25).